The summed E-state index contributed by atoms with van der Waals surface area (Å²) >= 11 is 0. The summed E-state index contributed by atoms with van der Waals surface area (Å²) < 4.78 is 5.28. The van der Waals surface area contributed by atoms with E-state index in [1.165, 1.54) is 5.69 Å². The Labute approximate surface area is 152 Å². The van der Waals surface area contributed by atoms with E-state index in [0.29, 0.717) is 5.96 Å². The first-order valence-electron chi connectivity index (χ1n) is 9.43. The highest BCUT2D eigenvalue weighted by molar-refractivity contribution is 5.77. The number of nitrogens with one attached hydrogen (secondary N) is 1. The van der Waals surface area contributed by atoms with Gasteiger partial charge in [-0.05, 0) is 38.4 Å². The lowest BCUT2D eigenvalue weighted by atomic mass is 10.2. The van der Waals surface area contributed by atoms with Gasteiger partial charge in [0.15, 0.2) is 5.96 Å². The summed E-state index contributed by atoms with van der Waals surface area (Å²) in [5.74, 6) is 0.547. The second kappa shape index (κ2) is 11.7. The van der Waals surface area contributed by atoms with E-state index in [0.717, 1.165) is 71.9 Å². The largest absolute Gasteiger partial charge is 0.382 e. The zero-order chi connectivity index (χ0) is 17.7. The number of nitrogens with two attached hydrogens (primary N) is 1. The summed E-state index contributed by atoms with van der Waals surface area (Å²) in [5, 5.41) is 3.20. The molecule has 1 fully saturated rings. The molecule has 1 aliphatic rings. The molecule has 140 valence electrons. The highest BCUT2D eigenvalue weighted by atomic mass is 16.5. The molecule has 3 N–H and O–H groups in total. The van der Waals surface area contributed by atoms with Crippen LogP contribution in [0, 0.1) is 0 Å². The van der Waals surface area contributed by atoms with Crippen LogP contribution in [0.25, 0.3) is 0 Å². The number of anilines is 1. The van der Waals surface area contributed by atoms with Gasteiger partial charge in [0.05, 0.1) is 0 Å². The van der Waals surface area contributed by atoms with E-state index in [2.05, 4.69) is 50.4 Å². The fourth-order valence-corrected chi connectivity index (χ4v) is 2.95. The Morgan fingerprint density at radius 1 is 1.16 bits per heavy atom. The van der Waals surface area contributed by atoms with Gasteiger partial charge in [-0.1, -0.05) is 18.2 Å². The molecular formula is C19H33N5O. The number of hydrogen-bond donors (Lipinski definition) is 2. The summed E-state index contributed by atoms with van der Waals surface area (Å²) in [6, 6.07) is 10.7. The summed E-state index contributed by atoms with van der Waals surface area (Å²) in [4.78, 5) is 9.29. The van der Waals surface area contributed by atoms with E-state index in [4.69, 9.17) is 10.5 Å². The third kappa shape index (κ3) is 7.75. The third-order valence-electron chi connectivity index (χ3n) is 4.38. The monoisotopic (exact) mass is 347 g/mol. The Morgan fingerprint density at radius 3 is 2.64 bits per heavy atom. The number of nitrogens with zero attached hydrogens (tertiary/aromatic N) is 3. The number of piperazine rings is 1. The Bertz CT molecular complexity index is 486. The lowest BCUT2D eigenvalue weighted by molar-refractivity contribution is 0.146. The van der Waals surface area contributed by atoms with E-state index in [-0.39, 0.29) is 0 Å². The summed E-state index contributed by atoms with van der Waals surface area (Å²) in [5.41, 5.74) is 7.20. The standard InChI is InChI=1S/C19H33N5O/c1-2-25-17-7-11-22-19(20)21-10-6-12-23-13-15-24(16-14-23)18-8-4-3-5-9-18/h3-5,8-9H,2,6-7,10-17H2,1H3,(H3,20,21,22). The van der Waals surface area contributed by atoms with Crippen LogP contribution in [0.2, 0.25) is 0 Å². The number of hydrogen-bond acceptors (Lipinski definition) is 4. The quantitative estimate of drug-likeness (QED) is 0.382. The molecule has 0 amide bonds. The van der Waals surface area contributed by atoms with Gasteiger partial charge in [0.1, 0.15) is 0 Å². The number of aliphatic imine (C=N–C) groups is 1. The number of ether oxygens (including phenoxy) is 1. The first-order chi connectivity index (χ1) is 12.3. The molecule has 0 aromatic heterocycles. The maximum Gasteiger partial charge on any atom is 0.188 e. The number of benzene rings is 1. The maximum atomic E-state index is 5.87. The Balaban J connectivity index is 1.52. The minimum absolute atomic E-state index is 0.547. The fourth-order valence-electron chi connectivity index (χ4n) is 2.95. The van der Waals surface area contributed by atoms with Crippen LogP contribution in [0.3, 0.4) is 0 Å². The first-order valence-corrected chi connectivity index (χ1v) is 9.43. The van der Waals surface area contributed by atoms with Crippen molar-refractivity contribution in [1.82, 2.24) is 10.2 Å². The minimum Gasteiger partial charge on any atom is -0.382 e. The lowest BCUT2D eigenvalue weighted by Gasteiger charge is -2.36. The normalized spacial score (nSPS) is 16.2. The van der Waals surface area contributed by atoms with E-state index >= 15 is 0 Å². The highest BCUT2D eigenvalue weighted by Gasteiger charge is 2.16. The molecule has 1 aliphatic heterocycles. The zero-order valence-electron chi connectivity index (χ0n) is 15.5. The van der Waals surface area contributed by atoms with E-state index in [1.807, 2.05) is 6.92 Å². The van der Waals surface area contributed by atoms with Crippen molar-refractivity contribution >= 4 is 11.6 Å². The summed E-state index contributed by atoms with van der Waals surface area (Å²) in [6.45, 7) is 10.7. The molecule has 2 rings (SSSR count). The molecule has 0 saturated carbocycles. The van der Waals surface area contributed by atoms with Gasteiger partial charge in [-0.2, -0.15) is 0 Å². The summed E-state index contributed by atoms with van der Waals surface area (Å²) in [7, 11) is 0. The minimum atomic E-state index is 0.547. The Kier molecular flexibility index (Phi) is 9.15. The molecule has 0 unspecified atom stereocenters. The second-order valence-corrected chi connectivity index (χ2v) is 6.26. The summed E-state index contributed by atoms with van der Waals surface area (Å²) in [6.07, 6.45) is 2.00. The molecule has 1 aromatic rings. The lowest BCUT2D eigenvalue weighted by Crippen LogP contribution is -2.47. The van der Waals surface area contributed by atoms with Gasteiger partial charge in [-0.25, -0.2) is 0 Å². The van der Waals surface area contributed by atoms with Crippen molar-refractivity contribution in [2.75, 3.05) is 63.9 Å². The third-order valence-corrected chi connectivity index (χ3v) is 4.38. The van der Waals surface area contributed by atoms with Crippen LogP contribution in [0.15, 0.2) is 35.3 Å². The molecule has 1 aromatic carbocycles. The van der Waals surface area contributed by atoms with E-state index in [1.54, 1.807) is 0 Å². The van der Waals surface area contributed by atoms with Crippen LogP contribution in [0.1, 0.15) is 19.8 Å². The van der Waals surface area contributed by atoms with Gasteiger partial charge in [0.25, 0.3) is 0 Å². The van der Waals surface area contributed by atoms with Crippen LogP contribution in [-0.4, -0.2) is 69.9 Å². The predicted octanol–water partition coefficient (Wildman–Crippen LogP) is 1.53. The maximum absolute atomic E-state index is 5.87. The van der Waals surface area contributed by atoms with Crippen molar-refractivity contribution in [2.45, 2.75) is 19.8 Å². The molecular weight excluding hydrogens is 314 g/mol. The van der Waals surface area contributed by atoms with E-state index in [9.17, 15) is 0 Å². The molecule has 1 heterocycles. The van der Waals surface area contributed by atoms with Gasteiger partial charge in [-0.15, -0.1) is 0 Å². The predicted molar refractivity (Wildman–Crippen MR) is 105 cm³/mol. The van der Waals surface area contributed by atoms with Crippen LogP contribution in [0.5, 0.6) is 0 Å². The molecule has 0 spiro atoms. The first kappa shape index (κ1) is 19.5. The smallest absolute Gasteiger partial charge is 0.188 e. The van der Waals surface area contributed by atoms with Crippen molar-refractivity contribution in [2.24, 2.45) is 10.7 Å². The van der Waals surface area contributed by atoms with Crippen LogP contribution >= 0.6 is 0 Å². The number of para-hydroxylation sites is 1. The molecule has 6 heteroatoms. The molecule has 0 radical (unpaired) electrons. The van der Waals surface area contributed by atoms with Crippen molar-refractivity contribution in [3.8, 4) is 0 Å². The van der Waals surface area contributed by atoms with Crippen LogP contribution in [0.4, 0.5) is 5.69 Å². The van der Waals surface area contributed by atoms with Gasteiger partial charge in [0, 0.05) is 58.2 Å². The SMILES string of the molecule is CCOCCCN=C(N)NCCCN1CCN(c2ccccc2)CC1. The van der Waals surface area contributed by atoms with Gasteiger partial charge >= 0.3 is 0 Å². The Morgan fingerprint density at radius 2 is 1.92 bits per heavy atom. The van der Waals surface area contributed by atoms with E-state index < -0.39 is 0 Å². The Hall–Kier alpha value is -1.79. The van der Waals surface area contributed by atoms with Crippen molar-refractivity contribution < 1.29 is 4.74 Å². The van der Waals surface area contributed by atoms with Gasteiger partial charge in [-0.3, -0.25) is 9.89 Å². The molecule has 0 bridgehead atoms. The highest BCUT2D eigenvalue weighted by Crippen LogP contribution is 2.15. The van der Waals surface area contributed by atoms with Gasteiger partial charge in [0.2, 0.25) is 0 Å². The second-order valence-electron chi connectivity index (χ2n) is 6.26. The number of guanidine groups is 1. The van der Waals surface area contributed by atoms with Crippen molar-refractivity contribution in [3.05, 3.63) is 30.3 Å². The topological polar surface area (TPSA) is 66.1 Å². The zero-order valence-corrected chi connectivity index (χ0v) is 15.5. The molecule has 25 heavy (non-hydrogen) atoms. The average Bonchev–Trinajstić information content (AvgIpc) is 2.66. The molecule has 0 aliphatic carbocycles. The molecule has 6 nitrogen and oxygen atoms in total. The van der Waals surface area contributed by atoms with Crippen LogP contribution in [-0.2, 0) is 4.74 Å². The number of rotatable bonds is 10. The fraction of sp³-hybridized carbons (Fsp3) is 0.632. The average molecular weight is 348 g/mol. The molecule has 0 atom stereocenters. The van der Waals surface area contributed by atoms with Crippen molar-refractivity contribution in [3.63, 3.8) is 0 Å². The van der Waals surface area contributed by atoms with Gasteiger partial charge < -0.3 is 20.7 Å². The van der Waals surface area contributed by atoms with Crippen LogP contribution < -0.4 is 16.0 Å². The molecule has 1 saturated heterocycles. The van der Waals surface area contributed by atoms with Crippen molar-refractivity contribution in [1.29, 1.82) is 0 Å².